The van der Waals surface area contributed by atoms with Crippen molar-refractivity contribution in [2.75, 3.05) is 9.36 Å². The molecule has 1 aromatic carbocycles. The Morgan fingerprint density at radius 3 is 2.29 bits per heavy atom. The zero-order valence-electron chi connectivity index (χ0n) is 18.9. The van der Waals surface area contributed by atoms with E-state index in [-0.39, 0.29) is 0 Å². The van der Waals surface area contributed by atoms with Crippen LogP contribution in [0, 0.1) is 16.8 Å². The topological polar surface area (TPSA) is 20.2 Å². The van der Waals surface area contributed by atoms with E-state index in [0.29, 0.717) is 12.0 Å². The predicted octanol–water partition coefficient (Wildman–Crippen LogP) is 7.28. The standard InChI is InChI=1S/C26H32F3IO/c1-6-30(5)17-16-22(21-10-8-7-9-11-21)18-25(31,26(27,28)29)19-24(3,4)23-14-12-20(2)13-15-23/h7-10,12-15,31H,6,11,18-19H2,1-5H3/b22-21+. The van der Waals surface area contributed by atoms with Crippen molar-refractivity contribution >= 4 is 19.8 Å². The molecule has 0 heterocycles. The molecule has 1 aliphatic carbocycles. The first-order valence-corrected chi connectivity index (χ1v) is 15.1. The quantitative estimate of drug-likeness (QED) is 0.227. The Morgan fingerprint density at radius 1 is 1.13 bits per heavy atom. The Morgan fingerprint density at radius 2 is 1.77 bits per heavy atom. The second kappa shape index (κ2) is 10.4. The van der Waals surface area contributed by atoms with Crippen LogP contribution >= 0.6 is 19.8 Å². The number of hydrogen-bond acceptors (Lipinski definition) is 1. The van der Waals surface area contributed by atoms with Gasteiger partial charge in [-0.05, 0) is 0 Å². The molecule has 1 nitrogen and oxygen atoms in total. The van der Waals surface area contributed by atoms with Gasteiger partial charge in [0.05, 0.1) is 0 Å². The van der Waals surface area contributed by atoms with E-state index >= 15 is 0 Å². The van der Waals surface area contributed by atoms with E-state index in [1.54, 1.807) is 13.8 Å². The number of aryl methyl sites for hydroxylation is 1. The van der Waals surface area contributed by atoms with Gasteiger partial charge in [-0.25, -0.2) is 0 Å². The summed E-state index contributed by atoms with van der Waals surface area (Å²) >= 11 is -1.47. The van der Waals surface area contributed by atoms with Crippen LogP contribution in [0.2, 0.25) is 0 Å². The summed E-state index contributed by atoms with van der Waals surface area (Å²) in [7, 11) is 0. The summed E-state index contributed by atoms with van der Waals surface area (Å²) in [6.45, 7) is 7.50. The molecule has 0 spiro atoms. The summed E-state index contributed by atoms with van der Waals surface area (Å²) in [5, 5.41) is 11.1. The van der Waals surface area contributed by atoms with Crippen LogP contribution in [0.5, 0.6) is 0 Å². The summed E-state index contributed by atoms with van der Waals surface area (Å²) < 4.78 is 47.0. The normalized spacial score (nSPS) is 18.2. The third-order valence-corrected chi connectivity index (χ3v) is 9.07. The molecule has 0 aliphatic heterocycles. The third kappa shape index (κ3) is 6.98. The minimum absolute atomic E-state index is 0.401. The fourth-order valence-electron chi connectivity index (χ4n) is 3.57. The monoisotopic (exact) mass is 544 g/mol. The molecule has 1 unspecified atom stereocenters. The first-order valence-electron chi connectivity index (χ1n) is 10.4. The second-order valence-corrected chi connectivity index (χ2v) is 14.1. The molecular weight excluding hydrogens is 512 g/mol. The van der Waals surface area contributed by atoms with Gasteiger partial charge in [0.1, 0.15) is 0 Å². The number of halogens is 4. The zero-order chi connectivity index (χ0) is 23.3. The van der Waals surface area contributed by atoms with Crippen molar-refractivity contribution in [3.8, 4) is 9.85 Å². The fraction of sp³-hybridized carbons (Fsp3) is 0.462. The van der Waals surface area contributed by atoms with Crippen molar-refractivity contribution in [2.45, 2.75) is 64.1 Å². The molecule has 1 aromatic rings. The van der Waals surface area contributed by atoms with Gasteiger partial charge in [-0.1, -0.05) is 0 Å². The van der Waals surface area contributed by atoms with Gasteiger partial charge in [0.2, 0.25) is 0 Å². The van der Waals surface area contributed by atoms with Gasteiger partial charge in [-0.2, -0.15) is 0 Å². The van der Waals surface area contributed by atoms with Crippen molar-refractivity contribution in [3.63, 3.8) is 0 Å². The average molecular weight is 544 g/mol. The maximum atomic E-state index is 14.3. The van der Waals surface area contributed by atoms with E-state index in [0.717, 1.165) is 21.1 Å². The molecule has 2 rings (SSSR count). The minimum atomic E-state index is -4.77. The van der Waals surface area contributed by atoms with E-state index in [4.69, 9.17) is 0 Å². The first kappa shape index (κ1) is 25.7. The molecule has 0 fully saturated rings. The fourth-order valence-corrected chi connectivity index (χ4v) is 4.74. The second-order valence-electron chi connectivity index (χ2n) is 8.70. The Balaban J connectivity index is 2.47. The van der Waals surface area contributed by atoms with Crippen molar-refractivity contribution in [2.24, 2.45) is 0 Å². The van der Waals surface area contributed by atoms with Crippen LogP contribution in [0.25, 0.3) is 0 Å². The van der Waals surface area contributed by atoms with E-state index in [9.17, 15) is 18.3 Å². The number of benzene rings is 1. The Hall–Kier alpha value is -1.52. The number of alkyl halides is 5. The van der Waals surface area contributed by atoms with Gasteiger partial charge in [-0.3, -0.25) is 0 Å². The molecular formula is C26H32F3IO. The van der Waals surface area contributed by atoms with Gasteiger partial charge in [0, 0.05) is 0 Å². The molecule has 170 valence electrons. The summed E-state index contributed by atoms with van der Waals surface area (Å²) in [6, 6.07) is 7.46. The molecule has 0 amide bonds. The third-order valence-electron chi connectivity index (χ3n) is 5.59. The van der Waals surface area contributed by atoms with Crippen LogP contribution < -0.4 is 0 Å². The van der Waals surface area contributed by atoms with Crippen LogP contribution in [0.4, 0.5) is 13.2 Å². The van der Waals surface area contributed by atoms with E-state index < -0.39 is 49.9 Å². The molecule has 31 heavy (non-hydrogen) atoms. The zero-order valence-corrected chi connectivity index (χ0v) is 21.1. The molecule has 0 radical (unpaired) electrons. The molecule has 1 aliphatic rings. The van der Waals surface area contributed by atoms with Crippen LogP contribution in [0.3, 0.4) is 0 Å². The Labute approximate surface area is 191 Å². The van der Waals surface area contributed by atoms with E-state index in [2.05, 4.69) is 21.7 Å². The molecule has 0 aromatic heterocycles. The molecule has 1 N–H and O–H groups in total. The van der Waals surface area contributed by atoms with E-state index in [1.807, 2.05) is 55.5 Å². The van der Waals surface area contributed by atoms with Gasteiger partial charge in [-0.15, -0.1) is 0 Å². The van der Waals surface area contributed by atoms with E-state index in [1.165, 1.54) is 0 Å². The van der Waals surface area contributed by atoms with Gasteiger partial charge in [0.25, 0.3) is 0 Å². The van der Waals surface area contributed by atoms with Gasteiger partial charge < -0.3 is 0 Å². The SMILES string of the molecule is CCI(C)C#C/C(CC(O)(CC(C)(C)c1ccc(C)cc1)C(F)(F)F)=C1/C=CC=CC1. The van der Waals surface area contributed by atoms with Gasteiger partial charge >= 0.3 is 192 Å². The van der Waals surface area contributed by atoms with Crippen molar-refractivity contribution in [1.82, 2.24) is 0 Å². The van der Waals surface area contributed by atoms with Crippen LogP contribution in [-0.4, -0.2) is 26.2 Å². The number of hydrogen-bond donors (Lipinski definition) is 1. The molecule has 0 bridgehead atoms. The maximum absolute atomic E-state index is 14.3. The predicted molar refractivity (Wildman–Crippen MR) is 133 cm³/mol. The number of allylic oxidation sites excluding steroid dienone is 5. The van der Waals surface area contributed by atoms with Crippen molar-refractivity contribution in [3.05, 3.63) is 70.8 Å². The van der Waals surface area contributed by atoms with Gasteiger partial charge in [0.15, 0.2) is 0 Å². The number of aliphatic hydroxyl groups is 1. The van der Waals surface area contributed by atoms with Crippen molar-refractivity contribution in [1.29, 1.82) is 0 Å². The van der Waals surface area contributed by atoms with Crippen molar-refractivity contribution < 1.29 is 18.3 Å². The molecule has 0 saturated carbocycles. The first-order chi connectivity index (χ1) is 14.4. The summed E-state index contributed by atoms with van der Waals surface area (Å²) in [5.41, 5.74) is -0.763. The Kier molecular flexibility index (Phi) is 8.63. The molecule has 5 heteroatoms. The van der Waals surface area contributed by atoms with Crippen LogP contribution in [0.15, 0.2) is 59.7 Å². The number of rotatable bonds is 6. The summed E-state index contributed by atoms with van der Waals surface area (Å²) in [6.07, 6.45) is 2.19. The van der Waals surface area contributed by atoms with Crippen LogP contribution in [-0.2, 0) is 5.41 Å². The molecule has 1 atom stereocenters. The summed E-state index contributed by atoms with van der Waals surface area (Å²) in [5.74, 6) is 3.06. The summed E-state index contributed by atoms with van der Waals surface area (Å²) in [4.78, 5) is 2.10. The average Bonchev–Trinajstić information content (AvgIpc) is 2.70. The Bertz CT molecular complexity index is 911. The molecule has 0 saturated heterocycles. The van der Waals surface area contributed by atoms with Crippen LogP contribution in [0.1, 0.15) is 51.2 Å².